The van der Waals surface area contributed by atoms with Crippen LogP contribution in [0, 0.1) is 0 Å². The number of halogens is 1. The summed E-state index contributed by atoms with van der Waals surface area (Å²) in [7, 11) is 1.57. The van der Waals surface area contributed by atoms with Crippen molar-refractivity contribution in [2.45, 2.75) is 31.5 Å². The molecular formula is C19H20BrN3O2S. The van der Waals surface area contributed by atoms with Gasteiger partial charge in [0.2, 0.25) is 0 Å². The number of methoxy groups -OCH3 is 1. The number of aliphatic imine (C=N–C) groups is 1. The van der Waals surface area contributed by atoms with Crippen LogP contribution in [-0.2, 0) is 0 Å². The topological polar surface area (TPSA) is 58.0 Å². The van der Waals surface area contributed by atoms with Crippen molar-refractivity contribution in [2.24, 2.45) is 4.99 Å². The van der Waals surface area contributed by atoms with Crippen molar-refractivity contribution in [3.05, 3.63) is 52.3 Å². The van der Waals surface area contributed by atoms with E-state index in [1.165, 1.54) is 0 Å². The van der Waals surface area contributed by atoms with E-state index in [-0.39, 0.29) is 17.8 Å². The second-order valence-corrected chi connectivity index (χ2v) is 8.23. The Morgan fingerprint density at radius 2 is 2.23 bits per heavy atom. The van der Waals surface area contributed by atoms with Crippen LogP contribution in [0.3, 0.4) is 0 Å². The highest BCUT2D eigenvalue weighted by Crippen LogP contribution is 2.50. The van der Waals surface area contributed by atoms with Gasteiger partial charge in [0.25, 0.3) is 0 Å². The number of hydrogen-bond acceptors (Lipinski definition) is 6. The molecule has 4 rings (SSSR count). The fourth-order valence-corrected chi connectivity index (χ4v) is 5.43. The zero-order chi connectivity index (χ0) is 18.3. The smallest absolute Gasteiger partial charge is 0.172 e. The van der Waals surface area contributed by atoms with Crippen molar-refractivity contribution in [2.75, 3.05) is 12.9 Å². The normalized spacial score (nSPS) is 24.5. The first-order valence-corrected chi connectivity index (χ1v) is 10.4. The van der Waals surface area contributed by atoms with Crippen LogP contribution in [0.25, 0.3) is 0 Å². The lowest BCUT2D eigenvalue weighted by Crippen LogP contribution is -2.35. The molecule has 5 nitrogen and oxygen atoms in total. The van der Waals surface area contributed by atoms with Crippen LogP contribution in [0.2, 0.25) is 0 Å². The number of phenolic OH excluding ortho intramolecular Hbond substituents is 1. The molecule has 3 heterocycles. The summed E-state index contributed by atoms with van der Waals surface area (Å²) < 4.78 is 6.00. The summed E-state index contributed by atoms with van der Waals surface area (Å²) in [6.45, 7) is 2.21. The molecule has 2 aromatic rings. The van der Waals surface area contributed by atoms with Gasteiger partial charge in [-0.05, 0) is 52.2 Å². The Bertz CT molecular complexity index is 846. The second-order valence-electron chi connectivity index (χ2n) is 6.39. The third kappa shape index (κ3) is 2.87. The average Bonchev–Trinajstić information content (AvgIpc) is 3.23. The molecule has 1 fully saturated rings. The van der Waals surface area contributed by atoms with Gasteiger partial charge in [-0.3, -0.25) is 9.98 Å². The number of fused-ring (bicyclic) bond motifs is 1. The van der Waals surface area contributed by atoms with Crippen molar-refractivity contribution in [3.63, 3.8) is 0 Å². The standard InChI is InChI=1S/C19H20BrN3O2S/c1-3-12-10-26-19-22-16(14-6-4-5-7-21-14)17(23(12)19)11-8-13(20)18(24)15(9-11)25-2/h4-9,12,16-17,24H,3,10H2,1-2H3. The maximum absolute atomic E-state index is 10.2. The van der Waals surface area contributed by atoms with Gasteiger partial charge in [-0.2, -0.15) is 0 Å². The molecule has 0 saturated carbocycles. The van der Waals surface area contributed by atoms with Crippen LogP contribution in [0.15, 0.2) is 46.0 Å². The van der Waals surface area contributed by atoms with Crippen LogP contribution in [0.1, 0.15) is 36.7 Å². The van der Waals surface area contributed by atoms with Gasteiger partial charge < -0.3 is 14.7 Å². The number of rotatable bonds is 4. The molecule has 0 spiro atoms. The SMILES string of the molecule is CCC1CSC2=NC(c3ccccn3)C(c3cc(Br)c(O)c(OC)c3)N21. The van der Waals surface area contributed by atoms with Gasteiger partial charge >= 0.3 is 0 Å². The minimum Gasteiger partial charge on any atom is -0.503 e. The molecule has 0 amide bonds. The largest absolute Gasteiger partial charge is 0.503 e. The number of aromatic hydroxyl groups is 1. The molecule has 0 bridgehead atoms. The van der Waals surface area contributed by atoms with Crippen molar-refractivity contribution >= 4 is 32.9 Å². The Hall–Kier alpha value is -1.73. The van der Waals surface area contributed by atoms with E-state index in [9.17, 15) is 5.11 Å². The van der Waals surface area contributed by atoms with Crippen LogP contribution in [0.5, 0.6) is 11.5 Å². The summed E-state index contributed by atoms with van der Waals surface area (Å²) in [6.07, 6.45) is 2.88. The molecule has 1 aromatic heterocycles. The van der Waals surface area contributed by atoms with E-state index in [4.69, 9.17) is 9.73 Å². The summed E-state index contributed by atoms with van der Waals surface area (Å²) in [5.41, 5.74) is 2.01. The fourth-order valence-electron chi connectivity index (χ4n) is 3.63. The van der Waals surface area contributed by atoms with E-state index in [1.807, 2.05) is 48.3 Å². The summed E-state index contributed by atoms with van der Waals surface area (Å²) in [4.78, 5) is 12.0. The number of nitrogens with zero attached hydrogens (tertiary/aromatic N) is 3. The molecule has 7 heteroatoms. The van der Waals surface area contributed by atoms with Gasteiger partial charge in [0, 0.05) is 18.0 Å². The third-order valence-electron chi connectivity index (χ3n) is 4.94. The summed E-state index contributed by atoms with van der Waals surface area (Å²) in [5, 5.41) is 11.3. The van der Waals surface area contributed by atoms with E-state index in [0.717, 1.165) is 28.6 Å². The minimum absolute atomic E-state index is 0.0330. The van der Waals surface area contributed by atoms with Crippen molar-refractivity contribution < 1.29 is 9.84 Å². The van der Waals surface area contributed by atoms with Gasteiger partial charge in [0.1, 0.15) is 6.04 Å². The zero-order valence-electron chi connectivity index (χ0n) is 14.6. The molecule has 1 aromatic carbocycles. The van der Waals surface area contributed by atoms with Crippen LogP contribution >= 0.6 is 27.7 Å². The molecular weight excluding hydrogens is 414 g/mol. The Labute approximate surface area is 165 Å². The Kier molecular flexibility index (Phi) is 4.84. The Balaban J connectivity index is 1.83. The van der Waals surface area contributed by atoms with E-state index in [2.05, 4.69) is 32.7 Å². The first-order chi connectivity index (χ1) is 12.6. The van der Waals surface area contributed by atoms with Gasteiger partial charge in [0.05, 0.1) is 23.3 Å². The van der Waals surface area contributed by atoms with E-state index in [1.54, 1.807) is 7.11 Å². The van der Waals surface area contributed by atoms with Crippen LogP contribution in [-0.4, -0.2) is 39.1 Å². The molecule has 3 unspecified atom stereocenters. The quantitative estimate of drug-likeness (QED) is 0.766. The second kappa shape index (κ2) is 7.12. The number of hydrogen-bond donors (Lipinski definition) is 1. The number of phenols is 1. The summed E-state index contributed by atoms with van der Waals surface area (Å²) in [5.74, 6) is 1.63. The Morgan fingerprint density at radius 1 is 1.38 bits per heavy atom. The highest BCUT2D eigenvalue weighted by atomic mass is 79.9. The molecule has 1 N–H and O–H groups in total. The maximum atomic E-state index is 10.2. The predicted octanol–water partition coefficient (Wildman–Crippen LogP) is 4.54. The zero-order valence-corrected chi connectivity index (χ0v) is 17.0. The highest BCUT2D eigenvalue weighted by molar-refractivity contribution is 9.10. The number of ether oxygens (including phenoxy) is 1. The predicted molar refractivity (Wildman–Crippen MR) is 108 cm³/mol. The monoisotopic (exact) mass is 433 g/mol. The van der Waals surface area contributed by atoms with Gasteiger partial charge in [0.15, 0.2) is 16.7 Å². The summed E-state index contributed by atoms with van der Waals surface area (Å²) in [6, 6.07) is 10.2. The van der Waals surface area contributed by atoms with Gasteiger partial charge in [-0.1, -0.05) is 24.8 Å². The van der Waals surface area contributed by atoms with E-state index >= 15 is 0 Å². The molecule has 2 aliphatic rings. The average molecular weight is 434 g/mol. The highest BCUT2D eigenvalue weighted by Gasteiger charge is 2.45. The molecule has 3 atom stereocenters. The molecule has 0 radical (unpaired) electrons. The van der Waals surface area contributed by atoms with E-state index < -0.39 is 0 Å². The van der Waals surface area contributed by atoms with Crippen molar-refractivity contribution in [1.29, 1.82) is 0 Å². The lowest BCUT2D eigenvalue weighted by molar-refractivity contribution is 0.254. The van der Waals surface area contributed by atoms with Crippen molar-refractivity contribution in [3.8, 4) is 11.5 Å². The molecule has 136 valence electrons. The minimum atomic E-state index is -0.0748. The Morgan fingerprint density at radius 3 is 2.92 bits per heavy atom. The number of benzene rings is 1. The van der Waals surface area contributed by atoms with Crippen LogP contribution < -0.4 is 4.74 Å². The summed E-state index contributed by atoms with van der Waals surface area (Å²) >= 11 is 5.27. The van der Waals surface area contributed by atoms with Gasteiger partial charge in [-0.15, -0.1) is 0 Å². The lowest BCUT2D eigenvalue weighted by atomic mass is 9.95. The molecule has 0 aliphatic carbocycles. The molecule has 2 aliphatic heterocycles. The number of pyridine rings is 1. The first-order valence-electron chi connectivity index (χ1n) is 8.60. The number of thioether (sulfide) groups is 1. The first kappa shape index (κ1) is 17.7. The van der Waals surface area contributed by atoms with E-state index in [0.29, 0.717) is 16.3 Å². The lowest BCUT2D eigenvalue weighted by Gasteiger charge is -2.32. The molecule has 1 saturated heterocycles. The van der Waals surface area contributed by atoms with Crippen molar-refractivity contribution in [1.82, 2.24) is 9.88 Å². The van der Waals surface area contributed by atoms with Crippen LogP contribution in [0.4, 0.5) is 0 Å². The number of aromatic nitrogens is 1. The van der Waals surface area contributed by atoms with Gasteiger partial charge in [-0.25, -0.2) is 0 Å². The number of amidine groups is 1. The molecule has 26 heavy (non-hydrogen) atoms. The fraction of sp³-hybridized carbons (Fsp3) is 0.368. The third-order valence-corrected chi connectivity index (χ3v) is 6.67. The maximum Gasteiger partial charge on any atom is 0.172 e.